The maximum absolute atomic E-state index is 11.5. The van der Waals surface area contributed by atoms with Crippen LogP contribution in [0.4, 0.5) is 4.79 Å². The highest BCUT2D eigenvalue weighted by Gasteiger charge is 2.16. The molecule has 0 aliphatic carbocycles. The molecule has 6 nitrogen and oxygen atoms in total. The lowest BCUT2D eigenvalue weighted by Crippen LogP contribution is -2.33. The van der Waals surface area contributed by atoms with Gasteiger partial charge >= 0.3 is 6.09 Å². The summed E-state index contributed by atoms with van der Waals surface area (Å²) >= 11 is 7.35. The third-order valence-corrected chi connectivity index (χ3v) is 3.46. The molecule has 2 rings (SSSR count). The van der Waals surface area contributed by atoms with E-state index < -0.39 is 11.7 Å². The van der Waals surface area contributed by atoms with Crippen molar-refractivity contribution in [3.8, 4) is 0 Å². The van der Waals surface area contributed by atoms with E-state index in [1.165, 1.54) is 18.0 Å². The number of alkyl carbamates (subject to hydrolysis) is 1. The van der Waals surface area contributed by atoms with Crippen molar-refractivity contribution in [2.24, 2.45) is 0 Å². The molecule has 2 heterocycles. The summed E-state index contributed by atoms with van der Waals surface area (Å²) in [6.45, 7) is 5.92. The van der Waals surface area contributed by atoms with Gasteiger partial charge in [-0.3, -0.25) is 0 Å². The van der Waals surface area contributed by atoms with Crippen molar-refractivity contribution in [3.63, 3.8) is 0 Å². The summed E-state index contributed by atoms with van der Waals surface area (Å²) in [6, 6.07) is 1.75. The predicted octanol–water partition coefficient (Wildman–Crippen LogP) is 3.49. The summed E-state index contributed by atoms with van der Waals surface area (Å²) in [5.74, 6) is 0.632. The van der Waals surface area contributed by atoms with Gasteiger partial charge in [-0.05, 0) is 26.8 Å². The van der Waals surface area contributed by atoms with E-state index in [9.17, 15) is 4.79 Å². The highest BCUT2D eigenvalue weighted by molar-refractivity contribution is 7.99. The molecule has 1 N–H and O–H groups in total. The molecule has 21 heavy (non-hydrogen) atoms. The topological polar surface area (TPSA) is 77.2 Å². The van der Waals surface area contributed by atoms with Crippen LogP contribution in [0, 0.1) is 0 Å². The lowest BCUT2D eigenvalue weighted by atomic mass is 10.2. The molecule has 114 valence electrons. The van der Waals surface area contributed by atoms with E-state index in [0.29, 0.717) is 28.1 Å². The van der Waals surface area contributed by atoms with E-state index in [0.717, 1.165) is 5.39 Å². The van der Waals surface area contributed by atoms with Crippen LogP contribution in [0.3, 0.4) is 0 Å². The number of amides is 1. The average Bonchev–Trinajstić information content (AvgIpc) is 2.75. The molecular weight excluding hydrogens is 314 g/mol. The molecule has 0 aliphatic rings. The smallest absolute Gasteiger partial charge is 0.407 e. The highest BCUT2D eigenvalue weighted by Crippen LogP contribution is 2.27. The Morgan fingerprint density at radius 3 is 3.00 bits per heavy atom. The second-order valence-corrected chi connectivity index (χ2v) is 6.79. The monoisotopic (exact) mass is 329 g/mol. The zero-order chi connectivity index (χ0) is 15.5. The molecule has 1 amide bonds. The van der Waals surface area contributed by atoms with E-state index >= 15 is 0 Å². The second-order valence-electron chi connectivity index (χ2n) is 5.27. The molecule has 0 bridgehead atoms. The van der Waals surface area contributed by atoms with Gasteiger partial charge in [-0.15, -0.1) is 11.8 Å². The van der Waals surface area contributed by atoms with Gasteiger partial charge in [0, 0.05) is 18.5 Å². The van der Waals surface area contributed by atoms with Crippen LogP contribution in [0.1, 0.15) is 20.8 Å². The molecule has 2 aromatic rings. The normalized spacial score (nSPS) is 11.6. The molecular formula is C13H16ClN3O3S. The number of nitrogens with zero attached hydrogens (tertiary/aromatic N) is 2. The van der Waals surface area contributed by atoms with Crippen LogP contribution >= 0.6 is 23.4 Å². The SMILES string of the molecule is CC(C)(C)OC(=O)NCCSc1noc2ncc(Cl)cc12. The molecule has 0 spiro atoms. The van der Waals surface area contributed by atoms with E-state index in [1.807, 2.05) is 20.8 Å². The number of thioether (sulfide) groups is 1. The van der Waals surface area contributed by atoms with Crippen molar-refractivity contribution in [1.82, 2.24) is 15.5 Å². The van der Waals surface area contributed by atoms with Gasteiger partial charge in [0.2, 0.25) is 0 Å². The largest absolute Gasteiger partial charge is 0.444 e. The molecule has 0 fully saturated rings. The lowest BCUT2D eigenvalue weighted by Gasteiger charge is -2.19. The minimum Gasteiger partial charge on any atom is -0.444 e. The third kappa shape index (κ3) is 4.78. The van der Waals surface area contributed by atoms with Gasteiger partial charge in [0.15, 0.2) is 0 Å². The van der Waals surface area contributed by atoms with E-state index in [1.54, 1.807) is 6.07 Å². The average molecular weight is 330 g/mol. The summed E-state index contributed by atoms with van der Waals surface area (Å²) in [4.78, 5) is 15.5. The Labute approximate surface area is 131 Å². The lowest BCUT2D eigenvalue weighted by molar-refractivity contribution is 0.0531. The van der Waals surface area contributed by atoms with Crippen molar-refractivity contribution in [2.45, 2.75) is 31.4 Å². The number of hydrogen-bond acceptors (Lipinski definition) is 6. The number of rotatable bonds is 4. The number of ether oxygens (including phenoxy) is 1. The van der Waals surface area contributed by atoms with Crippen molar-refractivity contribution < 1.29 is 14.1 Å². The van der Waals surface area contributed by atoms with E-state index in [4.69, 9.17) is 20.9 Å². The molecule has 0 saturated carbocycles. The zero-order valence-electron chi connectivity index (χ0n) is 12.0. The van der Waals surface area contributed by atoms with Crippen molar-refractivity contribution in [1.29, 1.82) is 0 Å². The Morgan fingerprint density at radius 1 is 1.52 bits per heavy atom. The maximum atomic E-state index is 11.5. The molecule has 0 atom stereocenters. The first kappa shape index (κ1) is 15.9. The fourth-order valence-corrected chi connectivity index (χ4v) is 2.45. The fraction of sp³-hybridized carbons (Fsp3) is 0.462. The molecule has 0 aliphatic heterocycles. The molecule has 0 saturated heterocycles. The first-order chi connectivity index (χ1) is 9.85. The van der Waals surface area contributed by atoms with Crippen LogP contribution in [0.25, 0.3) is 11.1 Å². The first-order valence-electron chi connectivity index (χ1n) is 6.36. The number of carbonyl (C=O) groups is 1. The number of fused-ring (bicyclic) bond motifs is 1. The van der Waals surface area contributed by atoms with Gasteiger partial charge in [-0.25, -0.2) is 9.78 Å². The Morgan fingerprint density at radius 2 is 2.29 bits per heavy atom. The van der Waals surface area contributed by atoms with Crippen LogP contribution in [-0.4, -0.2) is 34.1 Å². The summed E-state index contributed by atoms with van der Waals surface area (Å²) in [6.07, 6.45) is 1.07. The molecule has 2 aromatic heterocycles. The van der Waals surface area contributed by atoms with Crippen molar-refractivity contribution >= 4 is 40.6 Å². The van der Waals surface area contributed by atoms with Crippen molar-refractivity contribution in [3.05, 3.63) is 17.3 Å². The molecule has 8 heteroatoms. The quantitative estimate of drug-likeness (QED) is 0.683. The van der Waals surface area contributed by atoms with Gasteiger partial charge in [-0.1, -0.05) is 16.8 Å². The van der Waals surface area contributed by atoms with Gasteiger partial charge in [0.25, 0.3) is 5.71 Å². The molecule has 0 radical (unpaired) electrons. The zero-order valence-corrected chi connectivity index (χ0v) is 13.5. The number of hydrogen-bond donors (Lipinski definition) is 1. The van der Waals surface area contributed by atoms with Crippen LogP contribution in [-0.2, 0) is 4.74 Å². The number of aromatic nitrogens is 2. The minimum absolute atomic E-state index is 0.433. The van der Waals surface area contributed by atoms with Crippen molar-refractivity contribution in [2.75, 3.05) is 12.3 Å². The van der Waals surface area contributed by atoms with Crippen LogP contribution in [0.15, 0.2) is 21.8 Å². The van der Waals surface area contributed by atoms with E-state index in [2.05, 4.69) is 15.5 Å². The summed E-state index contributed by atoms with van der Waals surface area (Å²) < 4.78 is 10.2. The van der Waals surface area contributed by atoms with Gasteiger partial charge in [0.05, 0.1) is 10.4 Å². The summed E-state index contributed by atoms with van der Waals surface area (Å²) in [5, 5.41) is 8.61. The van der Waals surface area contributed by atoms with Gasteiger partial charge in [-0.2, -0.15) is 0 Å². The predicted molar refractivity (Wildman–Crippen MR) is 81.8 cm³/mol. The molecule has 0 unspecified atom stereocenters. The first-order valence-corrected chi connectivity index (χ1v) is 7.72. The fourth-order valence-electron chi connectivity index (χ4n) is 1.51. The Balaban J connectivity index is 1.83. The number of carbonyl (C=O) groups excluding carboxylic acids is 1. The van der Waals surface area contributed by atoms with Crippen LogP contribution in [0.2, 0.25) is 5.02 Å². The van der Waals surface area contributed by atoms with Gasteiger partial charge in [0.1, 0.15) is 10.6 Å². The van der Waals surface area contributed by atoms with Crippen LogP contribution in [0.5, 0.6) is 0 Å². The van der Waals surface area contributed by atoms with E-state index in [-0.39, 0.29) is 0 Å². The highest BCUT2D eigenvalue weighted by atomic mass is 35.5. The molecule has 0 aromatic carbocycles. The number of nitrogens with one attached hydrogen (secondary N) is 1. The Hall–Kier alpha value is -1.47. The Bertz CT molecular complexity index is 639. The standard InChI is InChI=1S/C13H16ClN3O3S/c1-13(2,3)19-12(18)15-4-5-21-11-9-6-8(14)7-16-10(9)20-17-11/h6-7H,4-5H2,1-3H3,(H,15,18). The maximum Gasteiger partial charge on any atom is 0.407 e. The summed E-state index contributed by atoms with van der Waals surface area (Å²) in [7, 11) is 0. The third-order valence-electron chi connectivity index (χ3n) is 2.27. The summed E-state index contributed by atoms with van der Waals surface area (Å²) in [5.41, 5.74) is -0.0518. The number of pyridine rings is 1. The Kier molecular flexibility index (Phi) is 4.95. The van der Waals surface area contributed by atoms with Crippen LogP contribution < -0.4 is 5.32 Å². The minimum atomic E-state index is -0.498. The number of halogens is 1. The van der Waals surface area contributed by atoms with Gasteiger partial charge < -0.3 is 14.6 Å². The second kappa shape index (κ2) is 6.53.